The molecule has 2 heterocycles. The number of thiocarbonyl (C=S) groups is 1. The van der Waals surface area contributed by atoms with Crippen molar-refractivity contribution < 1.29 is 14.2 Å². The number of ether oxygens (including phenoxy) is 3. The van der Waals surface area contributed by atoms with Crippen LogP contribution in [-0.4, -0.2) is 66.5 Å². The summed E-state index contributed by atoms with van der Waals surface area (Å²) < 4.78 is 17.7. The Kier molecular flexibility index (Phi) is 8.42. The van der Waals surface area contributed by atoms with Gasteiger partial charge in [-0.3, -0.25) is 4.90 Å². The molecule has 1 unspecified atom stereocenters. The minimum atomic E-state index is -0.334. The molecule has 1 N–H and O–H groups in total. The lowest BCUT2D eigenvalue weighted by atomic mass is 9.88. The zero-order valence-electron chi connectivity index (χ0n) is 21.1. The molecule has 4 rings (SSSR count). The van der Waals surface area contributed by atoms with Gasteiger partial charge in [0.15, 0.2) is 5.11 Å². The number of hydrogen-bond donors (Lipinski definition) is 1. The van der Waals surface area contributed by atoms with E-state index in [1.807, 2.05) is 44.2 Å². The maximum absolute atomic E-state index is 6.55. The number of halogens is 1. The lowest BCUT2D eigenvalue weighted by molar-refractivity contribution is 0.0266. The third-order valence-corrected chi connectivity index (χ3v) is 7.14. The molecule has 0 aliphatic carbocycles. The van der Waals surface area contributed by atoms with Crippen LogP contribution in [0, 0.1) is 6.92 Å². The first-order valence-corrected chi connectivity index (χ1v) is 13.1. The highest BCUT2D eigenvalue weighted by Crippen LogP contribution is 2.44. The number of rotatable bonds is 7. The van der Waals surface area contributed by atoms with Gasteiger partial charge in [0, 0.05) is 38.2 Å². The van der Waals surface area contributed by atoms with E-state index in [9.17, 15) is 0 Å². The summed E-state index contributed by atoms with van der Waals surface area (Å²) in [6.45, 7) is 14.0. The maximum Gasteiger partial charge on any atom is 0.174 e. The molecule has 0 radical (unpaired) electrons. The van der Waals surface area contributed by atoms with Crippen LogP contribution in [0.5, 0.6) is 11.5 Å². The first kappa shape index (κ1) is 26.0. The summed E-state index contributed by atoms with van der Waals surface area (Å²) in [5.74, 6) is 1.72. The Balaban J connectivity index is 1.66. The second kappa shape index (κ2) is 11.3. The zero-order valence-corrected chi connectivity index (χ0v) is 22.7. The van der Waals surface area contributed by atoms with Crippen LogP contribution in [0.25, 0.3) is 0 Å². The van der Waals surface area contributed by atoms with Crippen LogP contribution in [0.15, 0.2) is 36.4 Å². The molecule has 8 heteroatoms. The van der Waals surface area contributed by atoms with Crippen LogP contribution in [0.1, 0.15) is 44.4 Å². The highest BCUT2D eigenvalue weighted by Gasteiger charge is 2.38. The van der Waals surface area contributed by atoms with Crippen LogP contribution >= 0.6 is 23.8 Å². The predicted molar refractivity (Wildman–Crippen MR) is 146 cm³/mol. The van der Waals surface area contributed by atoms with Crippen molar-refractivity contribution in [2.24, 2.45) is 0 Å². The van der Waals surface area contributed by atoms with E-state index in [1.165, 1.54) is 0 Å². The Hall–Kier alpha value is -2.06. The third kappa shape index (κ3) is 6.58. The van der Waals surface area contributed by atoms with Crippen LogP contribution in [0.2, 0.25) is 5.02 Å². The van der Waals surface area contributed by atoms with Crippen molar-refractivity contribution in [2.75, 3.05) is 51.3 Å². The van der Waals surface area contributed by atoms with Crippen molar-refractivity contribution in [3.63, 3.8) is 0 Å². The molecule has 2 aromatic rings. The molecular formula is C27H36ClN3O3S. The van der Waals surface area contributed by atoms with Gasteiger partial charge in [-0.05, 0) is 75.8 Å². The van der Waals surface area contributed by atoms with Crippen molar-refractivity contribution in [1.29, 1.82) is 0 Å². The molecule has 1 fully saturated rings. The SMILES string of the molecule is CCOc1ccc2c(c1)C(N(CCN1CCOCC1)C(=S)Nc1ccc(C)cc1Cl)CC(C)(C)O2. The lowest BCUT2D eigenvalue weighted by Gasteiger charge is -2.44. The minimum Gasteiger partial charge on any atom is -0.494 e. The fourth-order valence-corrected chi connectivity index (χ4v) is 5.32. The fraction of sp³-hybridized carbons (Fsp3) is 0.519. The summed E-state index contributed by atoms with van der Waals surface area (Å²) >= 11 is 12.6. The molecule has 0 amide bonds. The number of nitrogens with zero attached hydrogens (tertiary/aromatic N) is 2. The first-order valence-electron chi connectivity index (χ1n) is 12.4. The Labute approximate surface area is 219 Å². The van der Waals surface area contributed by atoms with E-state index in [1.54, 1.807) is 0 Å². The normalized spacial score (nSPS) is 19.4. The Morgan fingerprint density at radius 1 is 1.23 bits per heavy atom. The summed E-state index contributed by atoms with van der Waals surface area (Å²) in [6.07, 6.45) is 0.794. The molecule has 35 heavy (non-hydrogen) atoms. The van der Waals surface area contributed by atoms with Crippen molar-refractivity contribution in [3.05, 3.63) is 52.5 Å². The molecule has 0 aromatic heterocycles. The van der Waals surface area contributed by atoms with Crippen molar-refractivity contribution in [1.82, 2.24) is 9.80 Å². The van der Waals surface area contributed by atoms with Gasteiger partial charge in [0.05, 0.1) is 36.6 Å². The number of benzene rings is 2. The number of nitrogens with one attached hydrogen (secondary N) is 1. The second-order valence-electron chi connectivity index (χ2n) is 9.78. The summed E-state index contributed by atoms with van der Waals surface area (Å²) in [7, 11) is 0. The monoisotopic (exact) mass is 517 g/mol. The first-order chi connectivity index (χ1) is 16.8. The largest absolute Gasteiger partial charge is 0.494 e. The van der Waals surface area contributed by atoms with E-state index in [0.717, 1.165) is 74.1 Å². The fourth-order valence-electron chi connectivity index (χ4n) is 4.71. The molecule has 0 bridgehead atoms. The van der Waals surface area contributed by atoms with Gasteiger partial charge in [0.25, 0.3) is 0 Å². The van der Waals surface area contributed by atoms with Crippen molar-refractivity contribution in [2.45, 2.75) is 45.8 Å². The summed E-state index contributed by atoms with van der Waals surface area (Å²) in [5, 5.41) is 4.74. The molecule has 0 spiro atoms. The van der Waals surface area contributed by atoms with Crippen LogP contribution < -0.4 is 14.8 Å². The maximum atomic E-state index is 6.55. The number of morpholine rings is 1. The van der Waals surface area contributed by atoms with E-state index in [4.69, 9.17) is 38.0 Å². The Bertz CT molecular complexity index is 1040. The summed E-state index contributed by atoms with van der Waals surface area (Å²) in [5.41, 5.74) is 2.68. The van der Waals surface area contributed by atoms with Crippen molar-refractivity contribution >= 4 is 34.6 Å². The van der Waals surface area contributed by atoms with Gasteiger partial charge in [0.1, 0.15) is 17.1 Å². The van der Waals surface area contributed by atoms with Crippen LogP contribution in [-0.2, 0) is 4.74 Å². The van der Waals surface area contributed by atoms with E-state index < -0.39 is 0 Å². The quantitative estimate of drug-likeness (QED) is 0.474. The molecule has 1 saturated heterocycles. The van der Waals surface area contributed by atoms with E-state index in [2.05, 4.69) is 35.0 Å². The highest BCUT2D eigenvalue weighted by atomic mass is 35.5. The Morgan fingerprint density at radius 3 is 2.71 bits per heavy atom. The van der Waals surface area contributed by atoms with Gasteiger partial charge in [-0.15, -0.1) is 0 Å². The molecule has 2 aromatic carbocycles. The number of fused-ring (bicyclic) bond motifs is 1. The lowest BCUT2D eigenvalue weighted by Crippen LogP contribution is -2.48. The topological polar surface area (TPSA) is 46.2 Å². The van der Waals surface area contributed by atoms with Gasteiger partial charge in [-0.25, -0.2) is 0 Å². The number of anilines is 1. The minimum absolute atomic E-state index is 0.0272. The van der Waals surface area contributed by atoms with Gasteiger partial charge < -0.3 is 24.4 Å². The molecule has 190 valence electrons. The van der Waals surface area contributed by atoms with Crippen molar-refractivity contribution in [3.8, 4) is 11.5 Å². The standard InChI is InChI=1S/C27H36ClN3O3S/c1-5-33-20-7-9-25-21(17-20)24(18-27(3,4)34-25)31(11-10-30-12-14-32-15-13-30)26(35)29-23-8-6-19(2)16-22(23)28/h6-9,16-17,24H,5,10-15,18H2,1-4H3,(H,29,35). The molecule has 1 atom stereocenters. The summed E-state index contributed by atoms with van der Waals surface area (Å²) in [4.78, 5) is 4.72. The average Bonchev–Trinajstić information content (AvgIpc) is 2.81. The molecular weight excluding hydrogens is 482 g/mol. The van der Waals surface area contributed by atoms with Gasteiger partial charge in [0.2, 0.25) is 0 Å². The molecule has 2 aliphatic heterocycles. The highest BCUT2D eigenvalue weighted by molar-refractivity contribution is 7.80. The zero-order chi connectivity index (χ0) is 25.0. The average molecular weight is 518 g/mol. The van der Waals surface area contributed by atoms with E-state index in [0.29, 0.717) is 16.7 Å². The van der Waals surface area contributed by atoms with E-state index in [-0.39, 0.29) is 11.6 Å². The third-order valence-electron chi connectivity index (χ3n) is 6.49. The Morgan fingerprint density at radius 2 is 2.00 bits per heavy atom. The van der Waals surface area contributed by atoms with E-state index >= 15 is 0 Å². The van der Waals surface area contributed by atoms with Crippen LogP contribution in [0.4, 0.5) is 5.69 Å². The van der Waals surface area contributed by atoms with Gasteiger partial charge in [-0.1, -0.05) is 17.7 Å². The van der Waals surface area contributed by atoms with Gasteiger partial charge in [-0.2, -0.15) is 0 Å². The van der Waals surface area contributed by atoms with Gasteiger partial charge >= 0.3 is 0 Å². The smallest absolute Gasteiger partial charge is 0.174 e. The second-order valence-corrected chi connectivity index (χ2v) is 10.6. The molecule has 2 aliphatic rings. The predicted octanol–water partition coefficient (Wildman–Crippen LogP) is 5.68. The summed E-state index contributed by atoms with van der Waals surface area (Å²) in [6, 6.07) is 12.1. The number of aryl methyl sites for hydroxylation is 1. The van der Waals surface area contributed by atoms with Crippen LogP contribution in [0.3, 0.4) is 0 Å². The number of hydrogen-bond acceptors (Lipinski definition) is 5. The molecule has 0 saturated carbocycles. The molecule has 6 nitrogen and oxygen atoms in total.